The maximum Gasteiger partial charge on any atom is 0.0991 e. The third-order valence-electron chi connectivity index (χ3n) is 5.70. The number of nitriles is 1. The molecule has 4 heteroatoms. The van der Waals surface area contributed by atoms with Crippen LogP contribution in [0.5, 0.6) is 0 Å². The number of ether oxygens (including phenoxy) is 1. The minimum Gasteiger partial charge on any atom is -0.376 e. The van der Waals surface area contributed by atoms with Gasteiger partial charge in [-0.05, 0) is 57.5 Å². The first-order valence-corrected chi connectivity index (χ1v) is 9.10. The highest BCUT2D eigenvalue weighted by molar-refractivity contribution is 5.32. The minimum absolute atomic E-state index is 0.357. The highest BCUT2D eigenvalue weighted by Gasteiger charge is 2.41. The minimum atomic E-state index is 0.357. The van der Waals surface area contributed by atoms with Gasteiger partial charge < -0.3 is 9.64 Å². The number of nitrogens with zero attached hydrogens (tertiary/aromatic N) is 3. The molecule has 0 saturated carbocycles. The van der Waals surface area contributed by atoms with E-state index in [1.54, 1.807) is 0 Å². The van der Waals surface area contributed by atoms with Gasteiger partial charge in [0.25, 0.3) is 0 Å². The molecule has 0 aliphatic carbocycles. The lowest BCUT2D eigenvalue weighted by molar-refractivity contribution is 0.0422. The van der Waals surface area contributed by atoms with E-state index in [1.165, 1.54) is 12.0 Å². The molecule has 1 aromatic carbocycles. The molecule has 0 aromatic heterocycles. The molecule has 0 unspecified atom stereocenters. The van der Waals surface area contributed by atoms with E-state index in [0.717, 1.165) is 44.3 Å². The van der Waals surface area contributed by atoms with Crippen molar-refractivity contribution >= 4 is 0 Å². The van der Waals surface area contributed by atoms with Crippen LogP contribution in [0, 0.1) is 23.2 Å². The van der Waals surface area contributed by atoms with Crippen molar-refractivity contribution in [3.8, 4) is 6.07 Å². The zero-order valence-corrected chi connectivity index (χ0v) is 15.1. The van der Waals surface area contributed by atoms with Gasteiger partial charge in [-0.1, -0.05) is 12.1 Å². The fourth-order valence-electron chi connectivity index (χ4n) is 3.92. The van der Waals surface area contributed by atoms with Crippen LogP contribution >= 0.6 is 0 Å². The second-order valence-electron chi connectivity index (χ2n) is 7.67. The van der Waals surface area contributed by atoms with Gasteiger partial charge in [0.2, 0.25) is 0 Å². The number of hydrogen-bond acceptors (Lipinski definition) is 4. The van der Waals surface area contributed by atoms with Gasteiger partial charge in [-0.2, -0.15) is 5.26 Å². The molecule has 0 bridgehead atoms. The lowest BCUT2D eigenvalue weighted by Gasteiger charge is -2.37. The molecule has 2 heterocycles. The molecular weight excluding hydrogens is 298 g/mol. The Bertz CT molecular complexity index is 595. The fraction of sp³-hybridized carbons (Fsp3) is 0.650. The number of likely N-dealkylation sites (tertiary alicyclic amines) is 1. The summed E-state index contributed by atoms with van der Waals surface area (Å²) in [6.45, 7) is 9.61. The van der Waals surface area contributed by atoms with Crippen LogP contribution in [0.15, 0.2) is 24.3 Å². The van der Waals surface area contributed by atoms with E-state index in [9.17, 15) is 0 Å². The predicted molar refractivity (Wildman–Crippen MR) is 95.5 cm³/mol. The van der Waals surface area contributed by atoms with Crippen LogP contribution in [-0.4, -0.2) is 55.2 Å². The van der Waals surface area contributed by atoms with Crippen LogP contribution in [0.4, 0.5) is 0 Å². The first-order valence-electron chi connectivity index (χ1n) is 9.10. The third kappa shape index (κ3) is 3.97. The quantitative estimate of drug-likeness (QED) is 0.834. The Balaban J connectivity index is 1.61. The Morgan fingerprint density at radius 3 is 3.00 bits per heavy atom. The van der Waals surface area contributed by atoms with Crippen LogP contribution in [0.3, 0.4) is 0 Å². The van der Waals surface area contributed by atoms with Crippen molar-refractivity contribution < 1.29 is 4.74 Å². The van der Waals surface area contributed by atoms with Gasteiger partial charge in [0.1, 0.15) is 0 Å². The number of rotatable bonds is 5. The monoisotopic (exact) mass is 327 g/mol. The molecule has 3 atom stereocenters. The molecule has 0 spiro atoms. The van der Waals surface area contributed by atoms with Crippen molar-refractivity contribution in [2.45, 2.75) is 39.0 Å². The highest BCUT2D eigenvalue weighted by Crippen LogP contribution is 2.35. The molecule has 2 fully saturated rings. The third-order valence-corrected chi connectivity index (χ3v) is 5.70. The normalized spacial score (nSPS) is 27.4. The Morgan fingerprint density at radius 1 is 1.42 bits per heavy atom. The van der Waals surface area contributed by atoms with E-state index < -0.39 is 0 Å². The Hall–Kier alpha value is -1.41. The SMILES string of the molecule is CC(C)N(C)C[C@H]1OC[C@@H]2CCN(Cc3cccc(C#N)c3)C[C@@H]21. The second kappa shape index (κ2) is 7.65. The summed E-state index contributed by atoms with van der Waals surface area (Å²) in [5.41, 5.74) is 1.99. The molecule has 0 amide bonds. The van der Waals surface area contributed by atoms with E-state index in [4.69, 9.17) is 10.00 Å². The summed E-state index contributed by atoms with van der Waals surface area (Å²) in [6, 6.07) is 10.8. The van der Waals surface area contributed by atoms with Crippen molar-refractivity contribution in [2.75, 3.05) is 33.3 Å². The Kier molecular flexibility index (Phi) is 5.55. The smallest absolute Gasteiger partial charge is 0.0991 e. The van der Waals surface area contributed by atoms with Gasteiger partial charge in [-0.25, -0.2) is 0 Å². The number of likely N-dealkylation sites (N-methyl/N-ethyl adjacent to an activating group) is 1. The van der Waals surface area contributed by atoms with Gasteiger partial charge in [0.05, 0.1) is 24.3 Å². The maximum atomic E-state index is 9.07. The van der Waals surface area contributed by atoms with Gasteiger partial charge >= 0.3 is 0 Å². The molecule has 0 N–H and O–H groups in total. The molecule has 1 aromatic rings. The molecular formula is C20H29N3O. The zero-order valence-electron chi connectivity index (χ0n) is 15.1. The van der Waals surface area contributed by atoms with Crippen molar-refractivity contribution in [1.82, 2.24) is 9.80 Å². The largest absolute Gasteiger partial charge is 0.376 e. The van der Waals surface area contributed by atoms with Gasteiger partial charge in [0, 0.05) is 31.6 Å². The lowest BCUT2D eigenvalue weighted by atomic mass is 9.84. The molecule has 3 rings (SSSR count). The van der Waals surface area contributed by atoms with Gasteiger partial charge in [-0.15, -0.1) is 0 Å². The van der Waals surface area contributed by atoms with Crippen LogP contribution in [0.2, 0.25) is 0 Å². The van der Waals surface area contributed by atoms with E-state index in [-0.39, 0.29) is 0 Å². The summed E-state index contributed by atoms with van der Waals surface area (Å²) in [7, 11) is 2.19. The van der Waals surface area contributed by atoms with E-state index in [2.05, 4.69) is 42.8 Å². The Morgan fingerprint density at radius 2 is 2.25 bits per heavy atom. The van der Waals surface area contributed by atoms with Crippen molar-refractivity contribution in [1.29, 1.82) is 5.26 Å². The van der Waals surface area contributed by atoms with E-state index >= 15 is 0 Å². The maximum absolute atomic E-state index is 9.07. The van der Waals surface area contributed by atoms with Crippen LogP contribution in [-0.2, 0) is 11.3 Å². The molecule has 24 heavy (non-hydrogen) atoms. The summed E-state index contributed by atoms with van der Waals surface area (Å²) < 4.78 is 6.14. The van der Waals surface area contributed by atoms with E-state index in [1.807, 2.05) is 18.2 Å². The average Bonchev–Trinajstić information content (AvgIpc) is 2.97. The highest BCUT2D eigenvalue weighted by atomic mass is 16.5. The second-order valence-corrected chi connectivity index (χ2v) is 7.67. The standard InChI is InChI=1S/C20H29N3O/c1-15(2)22(3)13-20-19-12-23(8-7-18(19)14-24-20)11-17-6-4-5-16(9-17)10-21/h4-6,9,15,18-20H,7-8,11-14H2,1-3H3/t18-,19-,20+/m0/s1. The van der Waals surface area contributed by atoms with Crippen molar-refractivity contribution in [3.05, 3.63) is 35.4 Å². The topological polar surface area (TPSA) is 39.5 Å². The van der Waals surface area contributed by atoms with Gasteiger partial charge in [0.15, 0.2) is 0 Å². The lowest BCUT2D eigenvalue weighted by Crippen LogP contribution is -2.45. The number of benzene rings is 1. The first kappa shape index (κ1) is 17.4. The number of piperidine rings is 1. The van der Waals surface area contributed by atoms with Crippen LogP contribution in [0.25, 0.3) is 0 Å². The summed E-state index contributed by atoms with van der Waals surface area (Å²) in [5.74, 6) is 1.36. The van der Waals surface area contributed by atoms with Crippen molar-refractivity contribution in [2.24, 2.45) is 11.8 Å². The molecule has 0 radical (unpaired) electrons. The van der Waals surface area contributed by atoms with Crippen LogP contribution in [0.1, 0.15) is 31.4 Å². The molecule has 2 aliphatic heterocycles. The predicted octanol–water partition coefficient (Wildman–Crippen LogP) is 2.74. The molecule has 2 aliphatic rings. The number of hydrogen-bond donors (Lipinski definition) is 0. The van der Waals surface area contributed by atoms with Crippen LogP contribution < -0.4 is 0 Å². The van der Waals surface area contributed by atoms with Crippen molar-refractivity contribution in [3.63, 3.8) is 0 Å². The average molecular weight is 327 g/mol. The molecule has 2 saturated heterocycles. The zero-order chi connectivity index (χ0) is 17.1. The summed E-state index contributed by atoms with van der Waals surface area (Å²) in [4.78, 5) is 4.93. The summed E-state index contributed by atoms with van der Waals surface area (Å²) in [5, 5.41) is 9.07. The van der Waals surface area contributed by atoms with E-state index in [0.29, 0.717) is 18.1 Å². The Labute approximate surface area is 146 Å². The fourth-order valence-corrected chi connectivity index (χ4v) is 3.92. The molecule has 4 nitrogen and oxygen atoms in total. The summed E-state index contributed by atoms with van der Waals surface area (Å²) in [6.07, 6.45) is 1.58. The first-order chi connectivity index (χ1) is 11.6. The number of fused-ring (bicyclic) bond motifs is 1. The molecule has 130 valence electrons. The van der Waals surface area contributed by atoms with Gasteiger partial charge in [-0.3, -0.25) is 4.90 Å². The summed E-state index contributed by atoms with van der Waals surface area (Å²) >= 11 is 0.